The second kappa shape index (κ2) is 15.6. The summed E-state index contributed by atoms with van der Waals surface area (Å²) in [4.78, 5) is 0. The van der Waals surface area contributed by atoms with E-state index in [9.17, 15) is 0 Å². The maximum absolute atomic E-state index is 8.42. The van der Waals surface area contributed by atoms with Crippen LogP contribution in [0, 0.1) is 0 Å². The van der Waals surface area contributed by atoms with Crippen LogP contribution in [0.1, 0.15) is 0 Å². The minimum atomic E-state index is -2.92. The summed E-state index contributed by atoms with van der Waals surface area (Å²) >= 11 is 0. The number of hydrogen-bond donors (Lipinski definition) is 0. The molecule has 0 atom stereocenters. The molecule has 0 radical (unpaired) electrons. The van der Waals surface area contributed by atoms with Gasteiger partial charge in [-0.2, -0.15) is 0 Å². The zero-order valence-electron chi connectivity index (χ0n) is 3.92. The fourth-order valence-corrected chi connectivity index (χ4v) is 0. The molecule has 3 nitrogen and oxygen atoms in total. The zero-order chi connectivity index (χ0) is 3.58. The summed E-state index contributed by atoms with van der Waals surface area (Å²) in [6, 6.07) is 0. The summed E-state index contributed by atoms with van der Waals surface area (Å²) in [6.07, 6.45) is 0. The minimum absolute atomic E-state index is 0. The molecule has 0 bridgehead atoms. The van der Waals surface area contributed by atoms with Gasteiger partial charge < -0.3 is 15.1 Å². The third-order valence-electron chi connectivity index (χ3n) is 0. The fourth-order valence-electron chi connectivity index (χ4n) is 0. The molecule has 0 aliphatic rings. The third-order valence-corrected chi connectivity index (χ3v) is 0. The van der Waals surface area contributed by atoms with Gasteiger partial charge in [-0.15, -0.1) is 0 Å². The molecule has 0 fully saturated rings. The van der Waals surface area contributed by atoms with Crippen LogP contribution in [-0.4, -0.2) is 17.4 Å². The van der Waals surface area contributed by atoms with E-state index >= 15 is 0 Å². The van der Waals surface area contributed by atoms with Crippen LogP contribution in [0.2, 0.25) is 0 Å². The fraction of sp³-hybridized carbons (Fsp3) is 0. The average Bonchev–Trinajstić information content (AvgIpc) is 0.811. The van der Waals surface area contributed by atoms with Gasteiger partial charge in [-0.05, 0) is 0 Å². The van der Waals surface area contributed by atoms with Gasteiger partial charge in [-0.25, -0.2) is 0 Å². The normalized spacial score (nSPS) is 3.86. The second-order valence-electron chi connectivity index (χ2n) is 0.289. The van der Waals surface area contributed by atoms with Gasteiger partial charge in [-0.3, -0.25) is 12.0 Å². The van der Waals surface area contributed by atoms with Crippen molar-refractivity contribution in [1.82, 2.24) is 0 Å². The Balaban J connectivity index is -0.0000000150. The van der Waals surface area contributed by atoms with E-state index in [2.05, 4.69) is 0 Å². The van der Waals surface area contributed by atoms with E-state index in [1.54, 1.807) is 0 Å². The Hall–Kier alpha value is 1.68. The first-order valence-corrected chi connectivity index (χ1v) is 0.707. The van der Waals surface area contributed by atoms with Gasteiger partial charge in [0.25, 0.3) is 0 Å². The predicted molar refractivity (Wildman–Crippen MR) is 14.0 cm³/mol. The number of hydrogen-bond acceptors (Lipinski definition) is 3. The van der Waals surface area contributed by atoms with E-state index in [0.717, 1.165) is 0 Å². The van der Waals surface area contributed by atoms with Gasteiger partial charge in [0.1, 0.15) is 0 Å². The van der Waals surface area contributed by atoms with E-state index in [1.807, 2.05) is 0 Å². The van der Waals surface area contributed by atoms with Crippen molar-refractivity contribution in [2.24, 2.45) is 0 Å². The smallest absolute Gasteiger partial charge is 0.907 e. The molecule has 0 aliphatic carbocycles. The molecule has 0 rings (SSSR count). The molecular weight excluding hydrogens is 126 g/mol. The quantitative estimate of drug-likeness (QED) is 0.303. The summed E-state index contributed by atoms with van der Waals surface area (Å²) in [5.41, 5.74) is 0. The Morgan fingerprint density at radius 3 is 1.00 bits per heavy atom. The first-order chi connectivity index (χ1) is 1.73. The maximum atomic E-state index is 8.42. The van der Waals surface area contributed by atoms with Crippen molar-refractivity contribution in [1.29, 1.82) is 0 Å². The van der Waals surface area contributed by atoms with Gasteiger partial charge in [0.05, 0.1) is 0 Å². The van der Waals surface area contributed by atoms with Gasteiger partial charge in [0.2, 0.25) is 0 Å². The second-order valence-corrected chi connectivity index (χ2v) is 0.289. The van der Waals surface area contributed by atoms with Crippen LogP contribution in [0.5, 0.6) is 0 Å². The summed E-state index contributed by atoms with van der Waals surface area (Å²) in [5.74, 6) is 0. The van der Waals surface area contributed by atoms with Gasteiger partial charge in [0.15, 0.2) is 0 Å². The molecule has 32 valence electrons. The molecular formula is HBBeFKO3. The standard InChI is InChI=1S/BO3.Be.FH.K/c2-1(3)4;;;/h;;1H;/q-3;+2;;+1. The van der Waals surface area contributed by atoms with Crippen molar-refractivity contribution < 1.29 is 71.2 Å². The van der Waals surface area contributed by atoms with Crippen molar-refractivity contribution in [3.05, 3.63) is 0 Å². The van der Waals surface area contributed by atoms with Crippen LogP contribution >= 0.6 is 0 Å². The number of halogens is 1. The monoisotopic (exact) mass is 127 g/mol. The van der Waals surface area contributed by atoms with Crippen LogP contribution in [-0.2, 0) is 0 Å². The third kappa shape index (κ3) is 87.8. The van der Waals surface area contributed by atoms with E-state index in [0.29, 0.717) is 0 Å². The van der Waals surface area contributed by atoms with Crippen LogP contribution in [0.3, 0.4) is 0 Å². The summed E-state index contributed by atoms with van der Waals surface area (Å²) in [6.45, 7) is 0. The summed E-state index contributed by atoms with van der Waals surface area (Å²) in [7, 11) is -2.92. The Kier molecular flexibility index (Phi) is 52.2. The minimum Gasteiger partial charge on any atom is -0.907 e. The molecule has 0 aromatic carbocycles. The Morgan fingerprint density at radius 2 is 1.00 bits per heavy atom. The van der Waals surface area contributed by atoms with E-state index in [-0.39, 0.29) is 66.2 Å². The molecule has 0 unspecified atom stereocenters. The summed E-state index contributed by atoms with van der Waals surface area (Å²) < 4.78 is 0. The summed E-state index contributed by atoms with van der Waals surface area (Å²) in [5, 5.41) is 25.2. The first kappa shape index (κ1) is 23.4. The van der Waals surface area contributed by atoms with Crippen LogP contribution in [0.15, 0.2) is 0 Å². The van der Waals surface area contributed by atoms with Crippen LogP contribution in [0.25, 0.3) is 0 Å². The molecule has 0 heterocycles. The van der Waals surface area contributed by atoms with Crippen LogP contribution in [0.4, 0.5) is 4.70 Å². The zero-order valence-corrected chi connectivity index (χ0v) is 7.04. The van der Waals surface area contributed by atoms with Gasteiger partial charge >= 0.3 is 61.5 Å². The van der Waals surface area contributed by atoms with Crippen molar-refractivity contribution in [3.8, 4) is 0 Å². The average molecular weight is 127 g/mol. The van der Waals surface area contributed by atoms with Crippen molar-refractivity contribution >= 4 is 17.4 Å². The Morgan fingerprint density at radius 1 is 1.00 bits per heavy atom. The molecule has 0 N–H and O–H groups in total. The first-order valence-electron chi connectivity index (χ1n) is 0.707. The van der Waals surface area contributed by atoms with Crippen LogP contribution < -0.4 is 66.5 Å². The van der Waals surface area contributed by atoms with Gasteiger partial charge in [-0.1, -0.05) is 0 Å². The van der Waals surface area contributed by atoms with Crippen molar-refractivity contribution in [3.63, 3.8) is 0 Å². The molecule has 0 aromatic rings. The topological polar surface area (TPSA) is 69.2 Å². The molecule has 0 amide bonds. The Bertz CT molecular complexity index is 19.7. The number of rotatable bonds is 0. The maximum Gasteiger partial charge on any atom is 2.00 e. The molecule has 0 saturated heterocycles. The van der Waals surface area contributed by atoms with E-state index in [4.69, 9.17) is 15.1 Å². The molecule has 7 heteroatoms. The predicted octanol–water partition coefficient (Wildman–Crippen LogP) is -7.17. The molecule has 0 spiro atoms. The SMILES string of the molecule is F.[Be+2].[K+].[O-]B([O-])[O-]. The van der Waals surface area contributed by atoms with E-state index in [1.165, 1.54) is 0 Å². The molecule has 7 heavy (non-hydrogen) atoms. The van der Waals surface area contributed by atoms with Crippen molar-refractivity contribution in [2.75, 3.05) is 0 Å². The van der Waals surface area contributed by atoms with Gasteiger partial charge in [0, 0.05) is 0 Å². The van der Waals surface area contributed by atoms with Crippen molar-refractivity contribution in [2.45, 2.75) is 0 Å². The Labute approximate surface area is 87.3 Å². The largest absolute Gasteiger partial charge is 2.00 e. The molecule has 0 saturated carbocycles. The molecule has 0 aromatic heterocycles. The molecule has 0 aliphatic heterocycles. The van der Waals surface area contributed by atoms with E-state index < -0.39 is 7.32 Å².